The van der Waals surface area contributed by atoms with Crippen molar-refractivity contribution in [3.8, 4) is 11.5 Å². The molecule has 2 fully saturated rings. The molecule has 1 N–H and O–H groups in total. The SMILES string of the molecule is COc1ccccc1OC[C@H](O)CN1CCN(CC(=O)N2CCN(C)CC2)CC1. The fraction of sp³-hybridized carbons (Fsp3) is 0.667. The van der Waals surface area contributed by atoms with Gasteiger partial charge in [0.2, 0.25) is 5.91 Å². The molecule has 3 rings (SSSR count). The minimum absolute atomic E-state index is 0.225. The summed E-state index contributed by atoms with van der Waals surface area (Å²) in [6.45, 7) is 8.24. The summed E-state index contributed by atoms with van der Waals surface area (Å²) in [6.07, 6.45) is -0.571. The highest BCUT2D eigenvalue weighted by Crippen LogP contribution is 2.25. The second-order valence-corrected chi connectivity index (χ2v) is 7.88. The third-order valence-electron chi connectivity index (χ3n) is 5.65. The number of amides is 1. The van der Waals surface area contributed by atoms with E-state index in [2.05, 4.69) is 21.7 Å². The third-order valence-corrected chi connectivity index (χ3v) is 5.65. The number of likely N-dealkylation sites (N-methyl/N-ethyl adjacent to an activating group) is 1. The summed E-state index contributed by atoms with van der Waals surface area (Å²) in [6, 6.07) is 7.44. The Labute approximate surface area is 173 Å². The van der Waals surface area contributed by atoms with E-state index in [1.165, 1.54) is 0 Å². The molecule has 1 atom stereocenters. The van der Waals surface area contributed by atoms with Gasteiger partial charge in [0.1, 0.15) is 12.7 Å². The number of piperazine rings is 2. The van der Waals surface area contributed by atoms with E-state index in [4.69, 9.17) is 9.47 Å². The predicted octanol–water partition coefficient (Wildman–Crippen LogP) is -0.173. The Morgan fingerprint density at radius 3 is 2.28 bits per heavy atom. The number of carbonyl (C=O) groups excluding carboxylic acids is 1. The maximum atomic E-state index is 12.5. The van der Waals surface area contributed by atoms with Crippen LogP contribution in [0, 0.1) is 0 Å². The molecule has 29 heavy (non-hydrogen) atoms. The zero-order chi connectivity index (χ0) is 20.6. The van der Waals surface area contributed by atoms with Gasteiger partial charge in [-0.25, -0.2) is 0 Å². The first-order valence-electron chi connectivity index (χ1n) is 10.4. The molecule has 8 nitrogen and oxygen atoms in total. The molecule has 0 aromatic heterocycles. The number of hydrogen-bond donors (Lipinski definition) is 1. The highest BCUT2D eigenvalue weighted by Gasteiger charge is 2.24. The molecule has 0 bridgehead atoms. The fourth-order valence-electron chi connectivity index (χ4n) is 3.75. The van der Waals surface area contributed by atoms with E-state index in [0.717, 1.165) is 52.4 Å². The normalized spacial score (nSPS) is 20.4. The van der Waals surface area contributed by atoms with Gasteiger partial charge >= 0.3 is 0 Å². The van der Waals surface area contributed by atoms with Gasteiger partial charge in [-0.2, -0.15) is 0 Å². The van der Waals surface area contributed by atoms with Crippen LogP contribution >= 0.6 is 0 Å². The van der Waals surface area contributed by atoms with Gasteiger partial charge in [-0.15, -0.1) is 0 Å². The average molecular weight is 407 g/mol. The second kappa shape index (κ2) is 10.8. The largest absolute Gasteiger partial charge is 0.493 e. The summed E-state index contributed by atoms with van der Waals surface area (Å²) < 4.78 is 11.0. The highest BCUT2D eigenvalue weighted by atomic mass is 16.5. The molecule has 0 radical (unpaired) electrons. The molecule has 0 unspecified atom stereocenters. The van der Waals surface area contributed by atoms with Crippen molar-refractivity contribution in [3.05, 3.63) is 24.3 Å². The van der Waals surface area contributed by atoms with Crippen LogP contribution in [0.25, 0.3) is 0 Å². The molecule has 1 aromatic rings. The summed E-state index contributed by atoms with van der Waals surface area (Å²) in [5.41, 5.74) is 0. The Balaban J connectivity index is 1.34. The molecule has 0 spiro atoms. The van der Waals surface area contributed by atoms with Crippen LogP contribution in [-0.4, -0.2) is 123 Å². The van der Waals surface area contributed by atoms with Crippen LogP contribution in [0.3, 0.4) is 0 Å². The quantitative estimate of drug-likeness (QED) is 0.643. The molecular weight excluding hydrogens is 372 g/mol. The van der Waals surface area contributed by atoms with Crippen molar-refractivity contribution in [2.75, 3.05) is 86.2 Å². The van der Waals surface area contributed by atoms with Crippen molar-refractivity contribution in [3.63, 3.8) is 0 Å². The lowest BCUT2D eigenvalue weighted by molar-refractivity contribution is -0.134. The van der Waals surface area contributed by atoms with E-state index in [-0.39, 0.29) is 12.5 Å². The second-order valence-electron chi connectivity index (χ2n) is 7.88. The van der Waals surface area contributed by atoms with Crippen molar-refractivity contribution < 1.29 is 19.4 Å². The van der Waals surface area contributed by atoms with E-state index < -0.39 is 6.10 Å². The number of methoxy groups -OCH3 is 1. The first-order chi connectivity index (χ1) is 14.0. The molecule has 2 saturated heterocycles. The number of β-amino-alcohol motifs (C(OH)–C–C–N with tert-alkyl or cyclic N) is 1. The van der Waals surface area contributed by atoms with Crippen LogP contribution in [0.15, 0.2) is 24.3 Å². The zero-order valence-electron chi connectivity index (χ0n) is 17.6. The summed E-state index contributed by atoms with van der Waals surface area (Å²) in [7, 11) is 3.70. The van der Waals surface area contributed by atoms with Crippen molar-refractivity contribution in [1.82, 2.24) is 19.6 Å². The number of aliphatic hydroxyl groups is 1. The van der Waals surface area contributed by atoms with Gasteiger partial charge in [-0.1, -0.05) is 12.1 Å². The minimum atomic E-state index is -0.571. The van der Waals surface area contributed by atoms with E-state index >= 15 is 0 Å². The van der Waals surface area contributed by atoms with Crippen LogP contribution < -0.4 is 9.47 Å². The molecule has 0 saturated carbocycles. The number of rotatable bonds is 8. The molecular formula is C21H34N4O4. The topological polar surface area (TPSA) is 68.7 Å². The average Bonchev–Trinajstić information content (AvgIpc) is 2.74. The van der Waals surface area contributed by atoms with E-state index in [0.29, 0.717) is 24.6 Å². The van der Waals surface area contributed by atoms with Gasteiger partial charge in [0.05, 0.1) is 13.7 Å². The lowest BCUT2D eigenvalue weighted by Crippen LogP contribution is -2.54. The molecule has 2 heterocycles. The summed E-state index contributed by atoms with van der Waals surface area (Å²) in [5.74, 6) is 1.54. The van der Waals surface area contributed by atoms with Gasteiger partial charge in [-0.05, 0) is 19.2 Å². The van der Waals surface area contributed by atoms with Crippen LogP contribution in [0.1, 0.15) is 0 Å². The molecule has 162 valence electrons. The smallest absolute Gasteiger partial charge is 0.236 e. The summed E-state index contributed by atoms with van der Waals surface area (Å²) >= 11 is 0. The molecule has 2 aliphatic rings. The molecule has 2 aliphatic heterocycles. The Morgan fingerprint density at radius 2 is 1.62 bits per heavy atom. The first-order valence-corrected chi connectivity index (χ1v) is 10.4. The van der Waals surface area contributed by atoms with Crippen LogP contribution in [0.2, 0.25) is 0 Å². The lowest BCUT2D eigenvalue weighted by atomic mass is 10.2. The van der Waals surface area contributed by atoms with Crippen LogP contribution in [0.5, 0.6) is 11.5 Å². The van der Waals surface area contributed by atoms with Crippen LogP contribution in [0.4, 0.5) is 0 Å². The van der Waals surface area contributed by atoms with Gasteiger partial charge < -0.3 is 24.4 Å². The van der Waals surface area contributed by atoms with Gasteiger partial charge in [0.25, 0.3) is 0 Å². The monoisotopic (exact) mass is 406 g/mol. The van der Waals surface area contributed by atoms with Crippen molar-refractivity contribution >= 4 is 5.91 Å². The number of para-hydroxylation sites is 2. The maximum Gasteiger partial charge on any atom is 0.236 e. The molecule has 8 heteroatoms. The Morgan fingerprint density at radius 1 is 1.00 bits per heavy atom. The number of ether oxygens (including phenoxy) is 2. The van der Waals surface area contributed by atoms with Gasteiger partial charge in [0.15, 0.2) is 11.5 Å². The number of aliphatic hydroxyl groups excluding tert-OH is 1. The number of carbonyl (C=O) groups is 1. The Kier molecular flexibility index (Phi) is 8.11. The van der Waals surface area contributed by atoms with Gasteiger partial charge in [0, 0.05) is 58.9 Å². The molecule has 1 amide bonds. The number of benzene rings is 1. The summed E-state index contributed by atoms with van der Waals surface area (Å²) in [5, 5.41) is 10.3. The van der Waals surface area contributed by atoms with E-state index in [1.54, 1.807) is 7.11 Å². The Bertz CT molecular complexity index is 643. The summed E-state index contributed by atoms with van der Waals surface area (Å²) in [4.78, 5) is 21.2. The number of nitrogens with zero attached hydrogens (tertiary/aromatic N) is 4. The van der Waals surface area contributed by atoms with Crippen molar-refractivity contribution in [2.45, 2.75) is 6.10 Å². The highest BCUT2D eigenvalue weighted by molar-refractivity contribution is 5.78. The van der Waals surface area contributed by atoms with Gasteiger partial charge in [-0.3, -0.25) is 14.6 Å². The lowest BCUT2D eigenvalue weighted by Gasteiger charge is -2.37. The zero-order valence-corrected chi connectivity index (χ0v) is 17.6. The van der Waals surface area contributed by atoms with E-state index in [9.17, 15) is 9.90 Å². The minimum Gasteiger partial charge on any atom is -0.493 e. The molecule has 1 aromatic carbocycles. The Hall–Kier alpha value is -1.87. The molecule has 0 aliphatic carbocycles. The number of hydrogen-bond acceptors (Lipinski definition) is 7. The van der Waals surface area contributed by atoms with Crippen molar-refractivity contribution in [2.24, 2.45) is 0 Å². The fourth-order valence-corrected chi connectivity index (χ4v) is 3.75. The van der Waals surface area contributed by atoms with E-state index in [1.807, 2.05) is 29.2 Å². The standard InChI is InChI=1S/C21H34N4O4/c1-22-7-13-25(14-8-22)21(27)16-24-11-9-23(10-12-24)15-18(26)17-29-20-6-4-3-5-19(20)28-2/h3-6,18,26H,7-17H2,1-2H3/t18-/m1/s1. The van der Waals surface area contributed by atoms with Crippen LogP contribution in [-0.2, 0) is 4.79 Å². The van der Waals surface area contributed by atoms with Crippen molar-refractivity contribution in [1.29, 1.82) is 0 Å². The third kappa shape index (κ3) is 6.57. The first kappa shape index (κ1) is 21.8. The predicted molar refractivity (Wildman–Crippen MR) is 111 cm³/mol. The maximum absolute atomic E-state index is 12.5.